The molecule has 2 nitrogen and oxygen atoms in total. The van der Waals surface area contributed by atoms with Crippen molar-refractivity contribution in [2.75, 3.05) is 0 Å². The highest BCUT2D eigenvalue weighted by atomic mass is 14.8. The van der Waals surface area contributed by atoms with E-state index in [4.69, 9.17) is 0 Å². The maximum atomic E-state index is 4.30. The topological polar surface area (TPSA) is 28.7 Å². The fourth-order valence-electron chi connectivity index (χ4n) is 1.67. The summed E-state index contributed by atoms with van der Waals surface area (Å²) in [5.74, 6) is 0. The molecular weight excluding hydrogens is 184 g/mol. The van der Waals surface area contributed by atoms with Gasteiger partial charge in [-0.05, 0) is 36.4 Å². The zero-order valence-corrected chi connectivity index (χ0v) is 8.07. The molecule has 1 radical (unpaired) electrons. The molecule has 0 saturated heterocycles. The summed E-state index contributed by atoms with van der Waals surface area (Å²) in [6, 6.07) is 16.9. The third kappa shape index (κ3) is 1.40. The van der Waals surface area contributed by atoms with Crippen molar-refractivity contribution in [1.82, 2.24) is 9.97 Å². The van der Waals surface area contributed by atoms with Crippen molar-refractivity contribution in [1.29, 1.82) is 0 Å². The molecule has 2 heterocycles. The van der Waals surface area contributed by atoms with E-state index in [9.17, 15) is 0 Å². The number of rotatable bonds is 1. The van der Waals surface area contributed by atoms with Crippen LogP contribution in [0.15, 0.2) is 48.7 Å². The second kappa shape index (κ2) is 3.24. The number of aromatic amines is 1. The highest BCUT2D eigenvalue weighted by molar-refractivity contribution is 5.84. The zero-order valence-electron chi connectivity index (χ0n) is 8.07. The molecule has 1 N–H and O–H groups in total. The second-order valence-electron chi connectivity index (χ2n) is 3.41. The first-order valence-corrected chi connectivity index (χ1v) is 4.84. The number of nitrogens with zero attached hydrogens (tertiary/aromatic N) is 1. The molecule has 3 aromatic rings. The van der Waals surface area contributed by atoms with Crippen LogP contribution in [0.5, 0.6) is 0 Å². The Balaban J connectivity index is 2.21. The predicted molar refractivity (Wildman–Crippen MR) is 60.4 cm³/mol. The van der Waals surface area contributed by atoms with E-state index in [-0.39, 0.29) is 0 Å². The van der Waals surface area contributed by atoms with Crippen LogP contribution in [0.1, 0.15) is 0 Å². The Morgan fingerprint density at radius 1 is 1.20 bits per heavy atom. The fraction of sp³-hybridized carbons (Fsp3) is 0. The molecule has 2 aromatic heterocycles. The van der Waals surface area contributed by atoms with E-state index >= 15 is 0 Å². The Labute approximate surface area is 87.6 Å². The standard InChI is InChI=1S/C13H9N2/c1-2-6-11-10(5-1)9-13(15-11)12-7-3-4-8-14-12/h2-9,15H. The van der Waals surface area contributed by atoms with E-state index in [0.29, 0.717) is 0 Å². The normalized spacial score (nSPS) is 10.7. The largest absolute Gasteiger partial charge is 0.353 e. The molecule has 71 valence electrons. The van der Waals surface area contributed by atoms with Gasteiger partial charge in [0.1, 0.15) is 0 Å². The van der Waals surface area contributed by atoms with Crippen LogP contribution in [0.3, 0.4) is 0 Å². The summed E-state index contributed by atoms with van der Waals surface area (Å²) in [7, 11) is 0. The Kier molecular flexibility index (Phi) is 1.78. The number of aromatic nitrogens is 2. The Bertz CT molecular complexity index is 549. The Morgan fingerprint density at radius 2 is 2.20 bits per heavy atom. The molecule has 0 spiro atoms. The van der Waals surface area contributed by atoms with Crippen molar-refractivity contribution in [2.45, 2.75) is 0 Å². The molecular formula is C13H9N2. The smallest absolute Gasteiger partial charge is 0.0864 e. The van der Waals surface area contributed by atoms with Gasteiger partial charge in [0.05, 0.1) is 11.4 Å². The van der Waals surface area contributed by atoms with Crippen molar-refractivity contribution in [3.8, 4) is 11.4 Å². The lowest BCUT2D eigenvalue weighted by atomic mass is 10.2. The highest BCUT2D eigenvalue weighted by Gasteiger charge is 2.02. The first-order valence-electron chi connectivity index (χ1n) is 4.84. The molecule has 15 heavy (non-hydrogen) atoms. The van der Waals surface area contributed by atoms with Crippen LogP contribution in [0, 0.1) is 6.07 Å². The van der Waals surface area contributed by atoms with Gasteiger partial charge in [-0.3, -0.25) is 4.98 Å². The number of hydrogen-bond donors (Lipinski definition) is 1. The van der Waals surface area contributed by atoms with E-state index in [0.717, 1.165) is 22.3 Å². The average Bonchev–Trinajstić information content (AvgIpc) is 2.74. The Hall–Kier alpha value is -2.09. The molecule has 0 aliphatic rings. The lowest BCUT2D eigenvalue weighted by Gasteiger charge is -1.93. The van der Waals surface area contributed by atoms with Crippen molar-refractivity contribution < 1.29 is 0 Å². The summed E-state index contributed by atoms with van der Waals surface area (Å²) in [6.45, 7) is 0. The maximum absolute atomic E-state index is 4.30. The van der Waals surface area contributed by atoms with Crippen molar-refractivity contribution in [3.05, 3.63) is 54.7 Å². The summed E-state index contributed by atoms with van der Waals surface area (Å²) in [6.07, 6.45) is 1.80. The molecule has 1 aromatic carbocycles. The molecule has 2 heteroatoms. The first kappa shape index (κ1) is 8.24. The summed E-state index contributed by atoms with van der Waals surface area (Å²) < 4.78 is 0. The molecule has 0 amide bonds. The van der Waals surface area contributed by atoms with Gasteiger partial charge in [-0.15, -0.1) is 0 Å². The minimum atomic E-state index is 0.966. The summed E-state index contributed by atoms with van der Waals surface area (Å²) in [5, 5.41) is 1.16. The Morgan fingerprint density at radius 3 is 3.00 bits per heavy atom. The average molecular weight is 193 g/mol. The minimum Gasteiger partial charge on any atom is -0.353 e. The van der Waals surface area contributed by atoms with Gasteiger partial charge < -0.3 is 4.98 Å². The van der Waals surface area contributed by atoms with Crippen molar-refractivity contribution >= 4 is 10.9 Å². The van der Waals surface area contributed by atoms with E-state index in [1.54, 1.807) is 6.20 Å². The molecule has 0 fully saturated rings. The van der Waals surface area contributed by atoms with Gasteiger partial charge in [-0.25, -0.2) is 0 Å². The highest BCUT2D eigenvalue weighted by Crippen LogP contribution is 2.21. The maximum Gasteiger partial charge on any atom is 0.0864 e. The second-order valence-corrected chi connectivity index (χ2v) is 3.41. The van der Waals surface area contributed by atoms with Crippen LogP contribution >= 0.6 is 0 Å². The number of hydrogen-bond acceptors (Lipinski definition) is 1. The lowest BCUT2D eigenvalue weighted by Crippen LogP contribution is -1.80. The third-order valence-corrected chi connectivity index (χ3v) is 2.41. The van der Waals surface area contributed by atoms with Gasteiger partial charge in [-0.1, -0.05) is 12.1 Å². The van der Waals surface area contributed by atoms with Crippen LogP contribution in [0.25, 0.3) is 22.3 Å². The monoisotopic (exact) mass is 193 g/mol. The summed E-state index contributed by atoms with van der Waals surface area (Å²) in [5.41, 5.74) is 3.13. The molecule has 3 rings (SSSR count). The lowest BCUT2D eigenvalue weighted by molar-refractivity contribution is 1.29. The number of fused-ring (bicyclic) bond motifs is 1. The van der Waals surface area contributed by atoms with Gasteiger partial charge in [0.15, 0.2) is 0 Å². The minimum absolute atomic E-state index is 0.966. The third-order valence-electron chi connectivity index (χ3n) is 2.41. The quantitative estimate of drug-likeness (QED) is 0.632. The van der Waals surface area contributed by atoms with Crippen LogP contribution in [0.2, 0.25) is 0 Å². The van der Waals surface area contributed by atoms with Gasteiger partial charge in [0.2, 0.25) is 0 Å². The van der Waals surface area contributed by atoms with Crippen LogP contribution in [-0.2, 0) is 0 Å². The summed E-state index contributed by atoms with van der Waals surface area (Å²) in [4.78, 5) is 7.63. The van der Waals surface area contributed by atoms with Gasteiger partial charge in [0.25, 0.3) is 0 Å². The van der Waals surface area contributed by atoms with Crippen LogP contribution < -0.4 is 0 Å². The SMILES string of the molecule is [c]1ccc2[nH]c(-c3ccccn3)cc2c1. The molecule has 0 aliphatic heterocycles. The van der Waals surface area contributed by atoms with Crippen molar-refractivity contribution in [2.24, 2.45) is 0 Å². The van der Waals surface area contributed by atoms with Gasteiger partial charge >= 0.3 is 0 Å². The molecule has 0 unspecified atom stereocenters. The number of H-pyrrole nitrogens is 1. The predicted octanol–water partition coefficient (Wildman–Crippen LogP) is 3.03. The zero-order chi connectivity index (χ0) is 10.1. The fourth-order valence-corrected chi connectivity index (χ4v) is 1.67. The van der Waals surface area contributed by atoms with Crippen molar-refractivity contribution in [3.63, 3.8) is 0 Å². The molecule has 0 bridgehead atoms. The van der Waals surface area contributed by atoms with E-state index in [1.807, 2.05) is 36.4 Å². The number of benzene rings is 1. The summed E-state index contributed by atoms with van der Waals surface area (Å²) >= 11 is 0. The molecule has 0 saturated carbocycles. The van der Waals surface area contributed by atoms with E-state index in [2.05, 4.69) is 22.1 Å². The van der Waals surface area contributed by atoms with E-state index in [1.165, 1.54) is 0 Å². The van der Waals surface area contributed by atoms with Gasteiger partial charge in [-0.2, -0.15) is 0 Å². The molecule has 0 atom stereocenters. The molecule has 0 aliphatic carbocycles. The first-order chi connectivity index (χ1) is 7.43. The number of pyridine rings is 1. The van der Waals surface area contributed by atoms with Gasteiger partial charge in [0, 0.05) is 17.1 Å². The van der Waals surface area contributed by atoms with E-state index < -0.39 is 0 Å². The number of nitrogens with one attached hydrogen (secondary N) is 1. The van der Waals surface area contributed by atoms with Crippen LogP contribution in [0.4, 0.5) is 0 Å². The van der Waals surface area contributed by atoms with Crippen LogP contribution in [-0.4, -0.2) is 9.97 Å².